The molecule has 1 unspecified atom stereocenters. The van der Waals surface area contributed by atoms with Gasteiger partial charge in [-0.3, -0.25) is 9.89 Å². The molecule has 0 radical (unpaired) electrons. The number of nitrogens with one attached hydrogen (secondary N) is 1. The highest BCUT2D eigenvalue weighted by atomic mass is 35.5. The van der Waals surface area contributed by atoms with Gasteiger partial charge in [0.1, 0.15) is 5.69 Å². The number of piperidine rings is 1. The van der Waals surface area contributed by atoms with Crippen molar-refractivity contribution in [3.63, 3.8) is 0 Å². The number of carbonyl (C=O) groups excluding carboxylic acids is 1. The first-order valence-electron chi connectivity index (χ1n) is 5.66. The van der Waals surface area contributed by atoms with Gasteiger partial charge in [0.25, 0.3) is 5.91 Å². The topological polar surface area (TPSA) is 49.0 Å². The Balaban J connectivity index is 1.96. The summed E-state index contributed by atoms with van der Waals surface area (Å²) in [6, 6.07) is 1.72. The van der Waals surface area contributed by atoms with Gasteiger partial charge in [-0.1, -0.05) is 0 Å². The summed E-state index contributed by atoms with van der Waals surface area (Å²) in [6.07, 6.45) is 4.85. The molecule has 0 saturated carbocycles. The molecule has 1 saturated heterocycles. The average Bonchev–Trinajstić information content (AvgIpc) is 2.82. The number of nitrogens with zero attached hydrogens (tertiary/aromatic N) is 2. The second-order valence-corrected chi connectivity index (χ2v) is 4.59. The lowest BCUT2D eigenvalue weighted by Gasteiger charge is -2.32. The normalized spacial score (nSPS) is 21.1. The molecule has 0 bridgehead atoms. The van der Waals surface area contributed by atoms with Crippen molar-refractivity contribution in [1.82, 2.24) is 15.1 Å². The fourth-order valence-electron chi connectivity index (χ4n) is 2.18. The van der Waals surface area contributed by atoms with Crippen molar-refractivity contribution in [2.24, 2.45) is 5.92 Å². The highest BCUT2D eigenvalue weighted by Crippen LogP contribution is 2.21. The molecule has 1 atom stereocenters. The van der Waals surface area contributed by atoms with Crippen LogP contribution in [0.25, 0.3) is 0 Å². The Morgan fingerprint density at radius 2 is 2.56 bits per heavy atom. The van der Waals surface area contributed by atoms with E-state index in [1.54, 1.807) is 12.3 Å². The molecule has 1 fully saturated rings. The van der Waals surface area contributed by atoms with Crippen LogP contribution in [0.4, 0.5) is 0 Å². The summed E-state index contributed by atoms with van der Waals surface area (Å²) >= 11 is 5.74. The highest BCUT2D eigenvalue weighted by Gasteiger charge is 2.24. The van der Waals surface area contributed by atoms with Gasteiger partial charge in [0, 0.05) is 25.2 Å². The molecule has 1 amide bonds. The maximum atomic E-state index is 12.0. The van der Waals surface area contributed by atoms with Gasteiger partial charge in [0.05, 0.1) is 0 Å². The maximum absolute atomic E-state index is 12.0. The van der Waals surface area contributed by atoms with Gasteiger partial charge < -0.3 is 4.90 Å². The fraction of sp³-hybridized carbons (Fsp3) is 0.636. The predicted molar refractivity (Wildman–Crippen MR) is 62.6 cm³/mol. The van der Waals surface area contributed by atoms with Gasteiger partial charge in [-0.2, -0.15) is 5.10 Å². The van der Waals surface area contributed by atoms with Crippen molar-refractivity contribution in [2.75, 3.05) is 19.0 Å². The SMILES string of the molecule is O=C(c1ccn[nH]1)N1CCCC(CCCl)C1. The zero-order valence-electron chi connectivity index (χ0n) is 9.16. The van der Waals surface area contributed by atoms with Crippen LogP contribution in [-0.4, -0.2) is 40.0 Å². The van der Waals surface area contributed by atoms with E-state index in [9.17, 15) is 4.79 Å². The second kappa shape index (κ2) is 5.34. The molecule has 1 aliphatic rings. The Hall–Kier alpha value is -1.03. The minimum Gasteiger partial charge on any atom is -0.337 e. The van der Waals surface area contributed by atoms with Gasteiger partial charge >= 0.3 is 0 Å². The molecule has 1 aliphatic heterocycles. The zero-order chi connectivity index (χ0) is 11.4. The minimum atomic E-state index is 0.0526. The fourth-order valence-corrected chi connectivity index (χ4v) is 2.49. The van der Waals surface area contributed by atoms with Crippen LogP contribution < -0.4 is 0 Å². The third-order valence-electron chi connectivity index (χ3n) is 3.05. The first-order valence-corrected chi connectivity index (χ1v) is 6.19. The van der Waals surface area contributed by atoms with Crippen molar-refractivity contribution < 1.29 is 4.79 Å². The quantitative estimate of drug-likeness (QED) is 0.822. The van der Waals surface area contributed by atoms with E-state index in [1.807, 2.05) is 4.90 Å². The number of aromatic nitrogens is 2. The van der Waals surface area contributed by atoms with Gasteiger partial charge in [0.15, 0.2) is 0 Å². The molecule has 0 aliphatic carbocycles. The lowest BCUT2D eigenvalue weighted by Crippen LogP contribution is -2.40. The smallest absolute Gasteiger partial charge is 0.271 e. The molecule has 4 nitrogen and oxygen atoms in total. The van der Waals surface area contributed by atoms with E-state index >= 15 is 0 Å². The van der Waals surface area contributed by atoms with Crippen molar-refractivity contribution in [3.8, 4) is 0 Å². The van der Waals surface area contributed by atoms with E-state index in [1.165, 1.54) is 6.42 Å². The van der Waals surface area contributed by atoms with E-state index in [2.05, 4.69) is 10.2 Å². The molecule has 16 heavy (non-hydrogen) atoms. The van der Waals surface area contributed by atoms with E-state index in [-0.39, 0.29) is 5.91 Å². The number of H-pyrrole nitrogens is 1. The molecule has 5 heteroatoms. The van der Waals surface area contributed by atoms with Gasteiger partial charge in [-0.05, 0) is 31.2 Å². The van der Waals surface area contributed by atoms with Crippen molar-refractivity contribution in [1.29, 1.82) is 0 Å². The number of amides is 1. The van der Waals surface area contributed by atoms with E-state index < -0.39 is 0 Å². The predicted octanol–water partition coefficient (Wildman–Crippen LogP) is 1.89. The van der Waals surface area contributed by atoms with E-state index in [0.717, 1.165) is 25.9 Å². The first-order chi connectivity index (χ1) is 7.81. The summed E-state index contributed by atoms with van der Waals surface area (Å²) in [5.74, 6) is 1.28. The summed E-state index contributed by atoms with van der Waals surface area (Å²) < 4.78 is 0. The van der Waals surface area contributed by atoms with Crippen LogP contribution in [0.2, 0.25) is 0 Å². The summed E-state index contributed by atoms with van der Waals surface area (Å²) in [4.78, 5) is 13.9. The molecule has 1 N–H and O–H groups in total. The lowest BCUT2D eigenvalue weighted by atomic mass is 9.95. The van der Waals surface area contributed by atoms with Gasteiger partial charge in [0.2, 0.25) is 0 Å². The minimum absolute atomic E-state index is 0.0526. The monoisotopic (exact) mass is 241 g/mol. The molecule has 2 heterocycles. The lowest BCUT2D eigenvalue weighted by molar-refractivity contribution is 0.0665. The number of likely N-dealkylation sites (tertiary alicyclic amines) is 1. The molecule has 0 aromatic carbocycles. The Morgan fingerprint density at radius 3 is 3.25 bits per heavy atom. The number of rotatable bonds is 3. The number of aromatic amines is 1. The average molecular weight is 242 g/mol. The molecule has 1 aromatic heterocycles. The van der Waals surface area contributed by atoms with Crippen LogP contribution in [0, 0.1) is 5.92 Å². The first kappa shape index (κ1) is 11.5. The Kier molecular flexibility index (Phi) is 3.83. The second-order valence-electron chi connectivity index (χ2n) is 4.21. The number of hydrogen-bond acceptors (Lipinski definition) is 2. The number of carbonyl (C=O) groups is 1. The van der Waals surface area contributed by atoms with Gasteiger partial charge in [-0.25, -0.2) is 0 Å². The van der Waals surface area contributed by atoms with E-state index in [4.69, 9.17) is 11.6 Å². The zero-order valence-corrected chi connectivity index (χ0v) is 9.91. The molecule has 2 rings (SSSR count). The number of hydrogen-bond donors (Lipinski definition) is 1. The van der Waals surface area contributed by atoms with E-state index in [0.29, 0.717) is 17.5 Å². The standard InChI is InChI=1S/C11H16ClN3O/c12-5-3-9-2-1-7-15(8-9)11(16)10-4-6-13-14-10/h4,6,9H,1-3,5,7-8H2,(H,13,14). The third kappa shape index (κ3) is 2.55. The van der Waals surface area contributed by atoms with Crippen molar-refractivity contribution in [3.05, 3.63) is 18.0 Å². The van der Waals surface area contributed by atoms with Crippen LogP contribution in [0.5, 0.6) is 0 Å². The molecule has 0 spiro atoms. The third-order valence-corrected chi connectivity index (χ3v) is 3.27. The van der Waals surface area contributed by atoms with Crippen LogP contribution in [0.15, 0.2) is 12.3 Å². The highest BCUT2D eigenvalue weighted by molar-refractivity contribution is 6.17. The molecular formula is C11H16ClN3O. The van der Waals surface area contributed by atoms with Crippen LogP contribution in [0.3, 0.4) is 0 Å². The van der Waals surface area contributed by atoms with Crippen molar-refractivity contribution in [2.45, 2.75) is 19.3 Å². The Labute approximate surface area is 100.0 Å². The summed E-state index contributed by atoms with van der Waals surface area (Å²) in [6.45, 7) is 1.67. The van der Waals surface area contributed by atoms with Crippen LogP contribution in [-0.2, 0) is 0 Å². The van der Waals surface area contributed by atoms with Crippen LogP contribution >= 0.6 is 11.6 Å². The summed E-state index contributed by atoms with van der Waals surface area (Å²) in [5, 5.41) is 6.51. The van der Waals surface area contributed by atoms with Crippen molar-refractivity contribution >= 4 is 17.5 Å². The molecular weight excluding hydrogens is 226 g/mol. The molecule has 1 aromatic rings. The Morgan fingerprint density at radius 1 is 1.69 bits per heavy atom. The summed E-state index contributed by atoms with van der Waals surface area (Å²) in [5.41, 5.74) is 0.575. The maximum Gasteiger partial charge on any atom is 0.271 e. The largest absolute Gasteiger partial charge is 0.337 e. The summed E-state index contributed by atoms with van der Waals surface area (Å²) in [7, 11) is 0. The Bertz CT molecular complexity index is 337. The van der Waals surface area contributed by atoms with Crippen LogP contribution in [0.1, 0.15) is 29.8 Å². The van der Waals surface area contributed by atoms with Gasteiger partial charge in [-0.15, -0.1) is 11.6 Å². The number of halogens is 1. The number of alkyl halides is 1. The molecule has 88 valence electrons.